The van der Waals surface area contributed by atoms with Crippen molar-refractivity contribution in [3.8, 4) is 17.2 Å². The maximum absolute atomic E-state index is 13.0. The summed E-state index contributed by atoms with van der Waals surface area (Å²) in [5.41, 5.74) is 0.916. The van der Waals surface area contributed by atoms with Crippen molar-refractivity contribution in [2.24, 2.45) is 0 Å². The largest absolute Gasteiger partial charge is 0.494 e. The Bertz CT molecular complexity index is 1200. The summed E-state index contributed by atoms with van der Waals surface area (Å²) >= 11 is 0. The molecule has 0 bridgehead atoms. The summed E-state index contributed by atoms with van der Waals surface area (Å²) in [5, 5.41) is 2.76. The smallest absolute Gasteiger partial charge is 0.261 e. The van der Waals surface area contributed by atoms with Gasteiger partial charge in [0, 0.05) is 25.0 Å². The van der Waals surface area contributed by atoms with Gasteiger partial charge in [-0.05, 0) is 48.9 Å². The third kappa shape index (κ3) is 5.92. The first-order chi connectivity index (χ1) is 15.9. The zero-order valence-electron chi connectivity index (χ0n) is 18.5. The molecule has 1 aromatic heterocycles. The van der Waals surface area contributed by atoms with Crippen LogP contribution in [0, 0.1) is 0 Å². The van der Waals surface area contributed by atoms with Crippen LogP contribution >= 0.6 is 0 Å². The monoisotopic (exact) mass is 471 g/mol. The molecule has 0 atom stereocenters. The molecule has 0 saturated heterocycles. The van der Waals surface area contributed by atoms with Gasteiger partial charge in [-0.15, -0.1) is 0 Å². The Labute approximate surface area is 192 Å². The molecular formula is C23H25N3O6S. The number of carbonyl (C=O) groups excluding carboxylic acids is 1. The van der Waals surface area contributed by atoms with E-state index in [1.165, 1.54) is 38.5 Å². The Balaban J connectivity index is 1.92. The third-order valence-corrected chi connectivity index (χ3v) is 6.01. The van der Waals surface area contributed by atoms with Crippen LogP contribution in [0.5, 0.6) is 17.2 Å². The van der Waals surface area contributed by atoms with Crippen molar-refractivity contribution in [2.45, 2.75) is 18.4 Å². The van der Waals surface area contributed by atoms with Crippen LogP contribution in [0.3, 0.4) is 0 Å². The lowest BCUT2D eigenvalue weighted by Gasteiger charge is -2.16. The first-order valence-corrected chi connectivity index (χ1v) is 11.5. The van der Waals surface area contributed by atoms with E-state index in [1.807, 2.05) is 13.0 Å². The molecule has 0 fully saturated rings. The minimum Gasteiger partial charge on any atom is -0.494 e. The van der Waals surface area contributed by atoms with Gasteiger partial charge in [0.15, 0.2) is 11.5 Å². The Kier molecular flexibility index (Phi) is 7.73. The van der Waals surface area contributed by atoms with Gasteiger partial charge in [0.2, 0.25) is 0 Å². The van der Waals surface area contributed by atoms with Crippen LogP contribution in [0.4, 0.5) is 5.69 Å². The Hall–Kier alpha value is -3.79. The summed E-state index contributed by atoms with van der Waals surface area (Å²) < 4.78 is 44.4. The standard InChI is InChI=1S/C23H25N3O6S/c1-4-32-17-7-9-18(10-8-17)33(28,29)26-20-13-22(31-3)21(30-2)12-19(20)23(27)25-15-16-6-5-11-24-14-16/h5-14,26H,4,15H2,1-3H3,(H,25,27). The van der Waals surface area contributed by atoms with Crippen molar-refractivity contribution >= 4 is 21.6 Å². The van der Waals surface area contributed by atoms with E-state index in [1.54, 1.807) is 30.6 Å². The van der Waals surface area contributed by atoms with Crippen molar-refractivity contribution in [1.82, 2.24) is 10.3 Å². The van der Waals surface area contributed by atoms with Gasteiger partial charge in [-0.1, -0.05) is 6.07 Å². The highest BCUT2D eigenvalue weighted by molar-refractivity contribution is 7.92. The summed E-state index contributed by atoms with van der Waals surface area (Å²) in [6, 6.07) is 12.4. The fraction of sp³-hybridized carbons (Fsp3) is 0.217. The molecule has 174 valence electrons. The van der Waals surface area contributed by atoms with Crippen molar-refractivity contribution in [2.75, 3.05) is 25.5 Å². The fourth-order valence-electron chi connectivity index (χ4n) is 3.02. The average molecular weight is 472 g/mol. The summed E-state index contributed by atoms with van der Waals surface area (Å²) in [7, 11) is -1.15. The van der Waals surface area contributed by atoms with Crippen LogP contribution in [0.1, 0.15) is 22.8 Å². The number of rotatable bonds is 10. The Morgan fingerprint density at radius 3 is 2.33 bits per heavy atom. The summed E-state index contributed by atoms with van der Waals surface area (Å²) in [5.74, 6) is 0.612. The Morgan fingerprint density at radius 1 is 1.03 bits per heavy atom. The van der Waals surface area contributed by atoms with Crippen LogP contribution in [0.15, 0.2) is 65.8 Å². The fourth-order valence-corrected chi connectivity index (χ4v) is 4.09. The number of nitrogens with zero attached hydrogens (tertiary/aromatic N) is 1. The number of hydrogen-bond donors (Lipinski definition) is 2. The zero-order valence-corrected chi connectivity index (χ0v) is 19.3. The van der Waals surface area contributed by atoms with E-state index in [4.69, 9.17) is 14.2 Å². The summed E-state index contributed by atoms with van der Waals surface area (Å²) in [6.07, 6.45) is 3.26. The zero-order chi connectivity index (χ0) is 23.8. The molecular weight excluding hydrogens is 446 g/mol. The number of aromatic nitrogens is 1. The molecule has 0 spiro atoms. The molecule has 1 heterocycles. The highest BCUT2D eigenvalue weighted by atomic mass is 32.2. The van der Waals surface area contributed by atoms with E-state index < -0.39 is 15.9 Å². The summed E-state index contributed by atoms with van der Waals surface area (Å²) in [6.45, 7) is 2.52. The van der Waals surface area contributed by atoms with Gasteiger partial charge in [0.25, 0.3) is 15.9 Å². The van der Waals surface area contributed by atoms with E-state index in [9.17, 15) is 13.2 Å². The van der Waals surface area contributed by atoms with Gasteiger partial charge in [0.1, 0.15) is 5.75 Å². The van der Waals surface area contributed by atoms with Gasteiger partial charge >= 0.3 is 0 Å². The number of carbonyl (C=O) groups is 1. The van der Waals surface area contributed by atoms with E-state index in [2.05, 4.69) is 15.0 Å². The SMILES string of the molecule is CCOc1ccc(S(=O)(=O)Nc2cc(OC)c(OC)cc2C(=O)NCc2cccnc2)cc1. The average Bonchev–Trinajstić information content (AvgIpc) is 2.83. The molecule has 10 heteroatoms. The van der Waals surface area contributed by atoms with Crippen LogP contribution in [-0.4, -0.2) is 40.1 Å². The predicted octanol–water partition coefficient (Wildman–Crippen LogP) is 3.23. The molecule has 2 aromatic carbocycles. The molecule has 3 aromatic rings. The number of pyridine rings is 1. The van der Waals surface area contributed by atoms with Crippen LogP contribution in [0.25, 0.3) is 0 Å². The minimum atomic E-state index is -4.00. The van der Waals surface area contributed by atoms with Gasteiger partial charge in [0.05, 0.1) is 37.0 Å². The van der Waals surface area contributed by atoms with Crippen molar-refractivity contribution < 1.29 is 27.4 Å². The maximum Gasteiger partial charge on any atom is 0.261 e. The molecule has 9 nitrogen and oxygen atoms in total. The van der Waals surface area contributed by atoms with Crippen molar-refractivity contribution in [3.63, 3.8) is 0 Å². The van der Waals surface area contributed by atoms with Crippen LogP contribution in [0.2, 0.25) is 0 Å². The van der Waals surface area contributed by atoms with E-state index in [-0.39, 0.29) is 34.2 Å². The molecule has 2 N–H and O–H groups in total. The lowest BCUT2D eigenvalue weighted by Crippen LogP contribution is -2.25. The summed E-state index contributed by atoms with van der Waals surface area (Å²) in [4.78, 5) is 17.0. The number of ether oxygens (including phenoxy) is 3. The Morgan fingerprint density at radius 2 is 1.73 bits per heavy atom. The topological polar surface area (TPSA) is 116 Å². The highest BCUT2D eigenvalue weighted by Crippen LogP contribution is 2.34. The maximum atomic E-state index is 13.0. The van der Waals surface area contributed by atoms with Gasteiger partial charge < -0.3 is 19.5 Å². The number of hydrogen-bond acceptors (Lipinski definition) is 7. The van der Waals surface area contributed by atoms with Gasteiger partial charge in [-0.25, -0.2) is 8.42 Å². The number of amides is 1. The number of methoxy groups -OCH3 is 2. The quantitative estimate of drug-likeness (QED) is 0.466. The van der Waals surface area contributed by atoms with E-state index in [0.717, 1.165) is 5.56 Å². The molecule has 0 aliphatic carbocycles. The molecule has 0 aliphatic rings. The number of benzene rings is 2. The normalized spacial score (nSPS) is 10.9. The second kappa shape index (κ2) is 10.7. The molecule has 1 amide bonds. The third-order valence-electron chi connectivity index (χ3n) is 4.63. The lowest BCUT2D eigenvalue weighted by molar-refractivity contribution is 0.0951. The number of anilines is 1. The van der Waals surface area contributed by atoms with E-state index in [0.29, 0.717) is 12.4 Å². The molecule has 3 rings (SSSR count). The van der Waals surface area contributed by atoms with Gasteiger partial charge in [-0.3, -0.25) is 14.5 Å². The molecule has 0 radical (unpaired) electrons. The first-order valence-electron chi connectivity index (χ1n) is 10.1. The molecule has 0 aliphatic heterocycles. The van der Waals surface area contributed by atoms with Crippen molar-refractivity contribution in [3.05, 3.63) is 72.1 Å². The second-order valence-corrected chi connectivity index (χ2v) is 8.49. The molecule has 0 saturated carbocycles. The number of nitrogens with one attached hydrogen (secondary N) is 2. The lowest BCUT2D eigenvalue weighted by atomic mass is 10.1. The minimum absolute atomic E-state index is 0.0162. The predicted molar refractivity (Wildman–Crippen MR) is 123 cm³/mol. The highest BCUT2D eigenvalue weighted by Gasteiger charge is 2.22. The van der Waals surface area contributed by atoms with Crippen LogP contribution < -0.4 is 24.2 Å². The van der Waals surface area contributed by atoms with Crippen molar-refractivity contribution in [1.29, 1.82) is 0 Å². The van der Waals surface area contributed by atoms with E-state index >= 15 is 0 Å². The first kappa shape index (κ1) is 23.9. The number of sulfonamides is 1. The molecule has 0 unspecified atom stereocenters. The second-order valence-electron chi connectivity index (χ2n) is 6.81. The van der Waals surface area contributed by atoms with Crippen LogP contribution in [-0.2, 0) is 16.6 Å². The molecule has 33 heavy (non-hydrogen) atoms. The van der Waals surface area contributed by atoms with Gasteiger partial charge in [-0.2, -0.15) is 0 Å².